The smallest absolute Gasteiger partial charge is 0.134 e. The summed E-state index contributed by atoms with van der Waals surface area (Å²) in [4.78, 5) is 8.77. The molecule has 0 saturated carbocycles. The van der Waals surface area contributed by atoms with Crippen LogP contribution in [-0.4, -0.2) is 16.5 Å². The van der Waals surface area contributed by atoms with Crippen LogP contribution in [0.4, 0.5) is 11.6 Å². The molecule has 90 valence electrons. The number of hydrogen-bond donors (Lipinski definition) is 2. The highest BCUT2D eigenvalue weighted by Gasteiger charge is 2.08. The molecule has 0 fully saturated rings. The van der Waals surface area contributed by atoms with Crippen LogP contribution in [0, 0.1) is 12.8 Å². The summed E-state index contributed by atoms with van der Waals surface area (Å²) in [5, 5.41) is 3.32. The zero-order valence-corrected chi connectivity index (χ0v) is 10.7. The number of hydrogen-bond acceptors (Lipinski definition) is 4. The van der Waals surface area contributed by atoms with E-state index in [1.807, 2.05) is 6.92 Å². The highest BCUT2D eigenvalue weighted by molar-refractivity contribution is 5.54. The van der Waals surface area contributed by atoms with E-state index in [1.54, 1.807) is 0 Å². The summed E-state index contributed by atoms with van der Waals surface area (Å²) in [5.41, 5.74) is 6.81. The van der Waals surface area contributed by atoms with E-state index in [1.165, 1.54) is 0 Å². The van der Waals surface area contributed by atoms with Gasteiger partial charge in [-0.1, -0.05) is 20.8 Å². The van der Waals surface area contributed by atoms with Gasteiger partial charge in [-0.2, -0.15) is 0 Å². The lowest BCUT2D eigenvalue weighted by Gasteiger charge is -2.13. The average molecular weight is 222 g/mol. The Bertz CT molecular complexity index is 347. The van der Waals surface area contributed by atoms with Gasteiger partial charge in [-0.25, -0.2) is 9.97 Å². The van der Waals surface area contributed by atoms with Crippen molar-refractivity contribution in [2.24, 2.45) is 5.92 Å². The number of anilines is 2. The van der Waals surface area contributed by atoms with Crippen molar-refractivity contribution in [3.63, 3.8) is 0 Å². The zero-order chi connectivity index (χ0) is 12.1. The van der Waals surface area contributed by atoms with Gasteiger partial charge in [0.15, 0.2) is 0 Å². The molecule has 0 atom stereocenters. The highest BCUT2D eigenvalue weighted by atomic mass is 15.1. The molecular weight excluding hydrogens is 200 g/mol. The van der Waals surface area contributed by atoms with Crippen LogP contribution in [0.2, 0.25) is 0 Å². The van der Waals surface area contributed by atoms with Gasteiger partial charge in [-0.05, 0) is 19.3 Å². The Hall–Kier alpha value is -1.32. The van der Waals surface area contributed by atoms with Crippen LogP contribution in [0.3, 0.4) is 0 Å². The van der Waals surface area contributed by atoms with Crippen LogP contribution >= 0.6 is 0 Å². The summed E-state index contributed by atoms with van der Waals surface area (Å²) in [5.74, 6) is 2.89. The van der Waals surface area contributed by atoms with Gasteiger partial charge in [-0.15, -0.1) is 0 Å². The normalized spacial score (nSPS) is 10.8. The summed E-state index contributed by atoms with van der Waals surface area (Å²) in [6, 6.07) is 0. The van der Waals surface area contributed by atoms with Crippen molar-refractivity contribution in [3.8, 4) is 0 Å². The van der Waals surface area contributed by atoms with Crippen molar-refractivity contribution in [3.05, 3.63) is 11.4 Å². The third kappa shape index (κ3) is 3.36. The Balaban J connectivity index is 2.88. The maximum absolute atomic E-state index is 5.87. The van der Waals surface area contributed by atoms with E-state index in [-0.39, 0.29) is 0 Å². The molecule has 0 aliphatic heterocycles. The molecule has 0 bridgehead atoms. The number of nitrogens with two attached hydrogens (primary N) is 1. The van der Waals surface area contributed by atoms with Crippen molar-refractivity contribution < 1.29 is 0 Å². The number of nitrogens with zero attached hydrogens (tertiary/aromatic N) is 2. The maximum Gasteiger partial charge on any atom is 0.134 e. The minimum absolute atomic E-state index is 0.588. The van der Waals surface area contributed by atoms with Crippen molar-refractivity contribution in [2.75, 3.05) is 17.6 Å². The van der Waals surface area contributed by atoms with Gasteiger partial charge in [0.25, 0.3) is 0 Å². The molecule has 3 N–H and O–H groups in total. The van der Waals surface area contributed by atoms with Gasteiger partial charge in [0.1, 0.15) is 17.5 Å². The van der Waals surface area contributed by atoms with Crippen LogP contribution in [-0.2, 0) is 6.42 Å². The minimum atomic E-state index is 0.588. The Labute approximate surface area is 97.7 Å². The minimum Gasteiger partial charge on any atom is -0.383 e. The topological polar surface area (TPSA) is 63.8 Å². The highest BCUT2D eigenvalue weighted by Crippen LogP contribution is 2.18. The first-order valence-corrected chi connectivity index (χ1v) is 5.91. The van der Waals surface area contributed by atoms with E-state index in [0.29, 0.717) is 11.7 Å². The van der Waals surface area contributed by atoms with Crippen LogP contribution in [0.5, 0.6) is 0 Å². The lowest BCUT2D eigenvalue weighted by Crippen LogP contribution is -2.13. The van der Waals surface area contributed by atoms with Gasteiger partial charge < -0.3 is 11.1 Å². The molecule has 0 amide bonds. The molecule has 4 nitrogen and oxygen atoms in total. The van der Waals surface area contributed by atoms with E-state index in [0.717, 1.165) is 36.6 Å². The molecule has 1 aromatic rings. The predicted octanol–water partition coefficient (Wildman–Crippen LogP) is 2.39. The average Bonchev–Trinajstić information content (AvgIpc) is 2.21. The molecule has 0 saturated heterocycles. The summed E-state index contributed by atoms with van der Waals surface area (Å²) >= 11 is 0. The molecule has 1 aromatic heterocycles. The number of rotatable bonds is 5. The Morgan fingerprint density at radius 3 is 2.56 bits per heavy atom. The quantitative estimate of drug-likeness (QED) is 0.803. The molecule has 0 unspecified atom stereocenters. The molecule has 4 heteroatoms. The van der Waals surface area contributed by atoms with E-state index in [4.69, 9.17) is 5.73 Å². The number of aryl methyl sites for hydroxylation is 1. The van der Waals surface area contributed by atoms with Crippen LogP contribution in [0.1, 0.15) is 38.6 Å². The number of nitrogens with one attached hydrogen (secondary N) is 1. The summed E-state index contributed by atoms with van der Waals surface area (Å²) < 4.78 is 0. The SMILES string of the molecule is CCCc1nc(N)c(C)c(NCC(C)C)n1. The van der Waals surface area contributed by atoms with E-state index in [2.05, 4.69) is 36.1 Å². The van der Waals surface area contributed by atoms with Crippen molar-refractivity contribution >= 4 is 11.6 Å². The Morgan fingerprint density at radius 2 is 2.00 bits per heavy atom. The molecule has 16 heavy (non-hydrogen) atoms. The predicted molar refractivity (Wildman–Crippen MR) is 68.5 cm³/mol. The van der Waals surface area contributed by atoms with Gasteiger partial charge in [-0.3, -0.25) is 0 Å². The molecule has 0 aliphatic rings. The standard InChI is InChI=1S/C12H22N4/c1-5-6-10-15-11(13)9(4)12(16-10)14-7-8(2)3/h8H,5-7H2,1-4H3,(H3,13,14,15,16). The summed E-state index contributed by atoms with van der Waals surface area (Å²) in [7, 11) is 0. The molecule has 1 rings (SSSR count). The van der Waals surface area contributed by atoms with Crippen molar-refractivity contribution in [1.82, 2.24) is 9.97 Å². The fourth-order valence-electron chi connectivity index (χ4n) is 1.39. The van der Waals surface area contributed by atoms with Gasteiger partial charge >= 0.3 is 0 Å². The summed E-state index contributed by atoms with van der Waals surface area (Å²) in [6.07, 6.45) is 1.91. The lowest BCUT2D eigenvalue weighted by molar-refractivity contribution is 0.685. The van der Waals surface area contributed by atoms with Gasteiger partial charge in [0, 0.05) is 18.5 Å². The molecule has 0 aromatic carbocycles. The van der Waals surface area contributed by atoms with Gasteiger partial charge in [0.2, 0.25) is 0 Å². The fraction of sp³-hybridized carbons (Fsp3) is 0.667. The Morgan fingerprint density at radius 1 is 1.31 bits per heavy atom. The molecule has 0 aliphatic carbocycles. The van der Waals surface area contributed by atoms with Crippen molar-refractivity contribution in [1.29, 1.82) is 0 Å². The van der Waals surface area contributed by atoms with Crippen LogP contribution in [0.25, 0.3) is 0 Å². The molecule has 0 spiro atoms. The lowest BCUT2D eigenvalue weighted by atomic mass is 10.2. The molecule has 0 radical (unpaired) electrons. The molecule has 1 heterocycles. The van der Waals surface area contributed by atoms with Crippen LogP contribution < -0.4 is 11.1 Å². The first kappa shape index (κ1) is 12.7. The zero-order valence-electron chi connectivity index (χ0n) is 10.7. The number of nitrogen functional groups attached to an aromatic ring is 1. The van der Waals surface area contributed by atoms with Crippen molar-refractivity contribution in [2.45, 2.75) is 40.5 Å². The summed E-state index contributed by atoms with van der Waals surface area (Å²) in [6.45, 7) is 9.30. The first-order chi connectivity index (χ1) is 7.54. The third-order valence-electron chi connectivity index (χ3n) is 2.38. The monoisotopic (exact) mass is 222 g/mol. The van der Waals surface area contributed by atoms with Gasteiger partial charge in [0.05, 0.1) is 0 Å². The Kier molecular flexibility index (Phi) is 4.52. The second-order valence-electron chi connectivity index (χ2n) is 4.52. The second-order valence-corrected chi connectivity index (χ2v) is 4.52. The first-order valence-electron chi connectivity index (χ1n) is 5.91. The largest absolute Gasteiger partial charge is 0.383 e. The van der Waals surface area contributed by atoms with E-state index < -0.39 is 0 Å². The number of aromatic nitrogens is 2. The third-order valence-corrected chi connectivity index (χ3v) is 2.38. The maximum atomic E-state index is 5.87. The molecular formula is C12H22N4. The van der Waals surface area contributed by atoms with Crippen LogP contribution in [0.15, 0.2) is 0 Å². The fourth-order valence-corrected chi connectivity index (χ4v) is 1.39. The van der Waals surface area contributed by atoms with E-state index >= 15 is 0 Å². The van der Waals surface area contributed by atoms with E-state index in [9.17, 15) is 0 Å². The second kappa shape index (κ2) is 5.68.